The van der Waals surface area contributed by atoms with Gasteiger partial charge < -0.3 is 9.84 Å². The van der Waals surface area contributed by atoms with Crippen molar-refractivity contribution in [2.45, 2.75) is 73.3 Å². The summed E-state index contributed by atoms with van der Waals surface area (Å²) >= 11 is 0. The monoisotopic (exact) mass is 458 g/mol. The number of esters is 1. The molecule has 0 spiro atoms. The summed E-state index contributed by atoms with van der Waals surface area (Å²) < 4.78 is 5.18. The van der Waals surface area contributed by atoms with Crippen LogP contribution in [-0.4, -0.2) is 46.9 Å². The Balaban J connectivity index is 2.11. The molecule has 3 saturated carbocycles. The van der Waals surface area contributed by atoms with Crippen LogP contribution >= 0.6 is 0 Å². The molecule has 0 aliphatic heterocycles. The van der Waals surface area contributed by atoms with Crippen molar-refractivity contribution in [1.82, 2.24) is 0 Å². The maximum atomic E-state index is 14.0. The lowest BCUT2D eigenvalue weighted by atomic mass is 9.34. The predicted octanol–water partition coefficient (Wildman–Crippen LogP) is 2.62. The van der Waals surface area contributed by atoms with E-state index in [-0.39, 0.29) is 18.0 Å². The molecule has 0 aromatic heterocycles. The number of methoxy groups -OCH3 is 1. The topological polar surface area (TPSA) is 115 Å². The van der Waals surface area contributed by atoms with E-state index in [0.717, 1.165) is 14.0 Å². The van der Waals surface area contributed by atoms with Crippen molar-refractivity contribution in [2.75, 3.05) is 7.11 Å². The van der Waals surface area contributed by atoms with Crippen LogP contribution in [0.4, 0.5) is 0 Å². The third kappa shape index (κ3) is 2.19. The van der Waals surface area contributed by atoms with E-state index in [1.54, 1.807) is 27.7 Å². The Morgan fingerprint density at radius 2 is 1.61 bits per heavy atom. The minimum Gasteiger partial charge on any atom is -0.468 e. The van der Waals surface area contributed by atoms with Gasteiger partial charge in [0.2, 0.25) is 0 Å². The molecule has 0 aromatic rings. The molecule has 3 fully saturated rings. The van der Waals surface area contributed by atoms with Crippen molar-refractivity contribution >= 4 is 29.1 Å². The largest absolute Gasteiger partial charge is 0.468 e. The average Bonchev–Trinajstić information content (AvgIpc) is 2.83. The predicted molar refractivity (Wildman–Crippen MR) is 118 cm³/mol. The van der Waals surface area contributed by atoms with E-state index in [9.17, 15) is 29.1 Å². The number of Topliss-reactive ketones (excluding diaryl/α,β-unsaturated/α-hetero) is 4. The molecule has 0 unspecified atom stereocenters. The number of aliphatic hydroxyl groups is 1. The molecule has 4 rings (SSSR count). The first-order chi connectivity index (χ1) is 14.9. The van der Waals surface area contributed by atoms with Gasteiger partial charge in [0, 0.05) is 29.6 Å². The molecule has 1 N–H and O–H groups in total. The standard InChI is InChI=1S/C26H34O7/c1-13-11-15-22(4)10-9-16(28)21(2,3)17(22)14(27)12-23(15,5)26(20(31)33-8)19(30)25(7,32)18(29)24(13,26)6/h11,15,17,32H,9-10,12H2,1-8H3/t15-,17+,22-,23-,24-,25-,26+/m0/s1. The number of carbonyl (C=O) groups excluding carboxylic acids is 5. The molecule has 0 heterocycles. The normalized spacial score (nSPS) is 48.6. The van der Waals surface area contributed by atoms with E-state index in [1.165, 1.54) is 6.92 Å². The molecule has 4 aliphatic carbocycles. The molecule has 0 amide bonds. The highest BCUT2D eigenvalue weighted by Gasteiger charge is 2.86. The van der Waals surface area contributed by atoms with Gasteiger partial charge in [-0.05, 0) is 38.5 Å². The zero-order valence-corrected chi connectivity index (χ0v) is 20.8. The Morgan fingerprint density at radius 3 is 2.15 bits per heavy atom. The number of carbonyl (C=O) groups is 5. The van der Waals surface area contributed by atoms with Crippen LogP contribution in [0.15, 0.2) is 11.6 Å². The third-order valence-electron chi connectivity index (χ3n) is 10.2. The lowest BCUT2D eigenvalue weighted by molar-refractivity contribution is -0.204. The van der Waals surface area contributed by atoms with E-state index >= 15 is 0 Å². The maximum absolute atomic E-state index is 14.0. The summed E-state index contributed by atoms with van der Waals surface area (Å²) in [5, 5.41) is 11.1. The Hall–Kier alpha value is -2.15. The molecule has 7 atom stereocenters. The number of ketones is 4. The van der Waals surface area contributed by atoms with Crippen LogP contribution in [0.1, 0.15) is 67.7 Å². The number of hydrogen-bond donors (Lipinski definition) is 1. The van der Waals surface area contributed by atoms with Gasteiger partial charge in [0.1, 0.15) is 11.6 Å². The molecule has 180 valence electrons. The summed E-state index contributed by atoms with van der Waals surface area (Å²) in [4.78, 5) is 67.9. The highest BCUT2D eigenvalue weighted by Crippen LogP contribution is 2.75. The van der Waals surface area contributed by atoms with Crippen molar-refractivity contribution < 1.29 is 33.8 Å². The van der Waals surface area contributed by atoms with E-state index in [4.69, 9.17) is 4.74 Å². The van der Waals surface area contributed by atoms with Crippen molar-refractivity contribution in [2.24, 2.45) is 38.9 Å². The second-order valence-electron chi connectivity index (χ2n) is 12.1. The van der Waals surface area contributed by atoms with Gasteiger partial charge in [0.15, 0.2) is 22.6 Å². The molecule has 7 nitrogen and oxygen atoms in total. The summed E-state index contributed by atoms with van der Waals surface area (Å²) in [6.45, 7) is 11.6. The van der Waals surface area contributed by atoms with Gasteiger partial charge in [-0.15, -0.1) is 0 Å². The van der Waals surface area contributed by atoms with Crippen molar-refractivity contribution in [3.05, 3.63) is 11.6 Å². The first-order valence-corrected chi connectivity index (χ1v) is 11.6. The Bertz CT molecular complexity index is 1060. The summed E-state index contributed by atoms with van der Waals surface area (Å²) in [6, 6.07) is 0. The van der Waals surface area contributed by atoms with Crippen LogP contribution in [0, 0.1) is 38.9 Å². The van der Waals surface area contributed by atoms with Crippen LogP contribution in [0.2, 0.25) is 0 Å². The Morgan fingerprint density at radius 1 is 1.03 bits per heavy atom. The SMILES string of the molecule is COC(=O)[C@@]12C(=O)[C@@](C)(O)C(=O)[C@]1(C)C(C)=C[C@H]1[C@]3(C)CCC(=O)C(C)(C)[C@H]3C(=O)C[C@@]12C. The Labute approximate surface area is 194 Å². The molecular formula is C26H34O7. The van der Waals surface area contributed by atoms with Crippen LogP contribution in [0.3, 0.4) is 0 Å². The Kier molecular flexibility index (Phi) is 4.57. The number of ether oxygens (including phenoxy) is 1. The van der Waals surface area contributed by atoms with Crippen LogP contribution in [-0.2, 0) is 28.7 Å². The van der Waals surface area contributed by atoms with Crippen molar-refractivity contribution in [1.29, 1.82) is 0 Å². The summed E-state index contributed by atoms with van der Waals surface area (Å²) in [5.41, 5.74) is -8.52. The van der Waals surface area contributed by atoms with E-state index in [2.05, 4.69) is 0 Å². The number of allylic oxidation sites excluding steroid dienone is 2. The van der Waals surface area contributed by atoms with E-state index in [1.807, 2.05) is 13.0 Å². The van der Waals surface area contributed by atoms with Crippen LogP contribution < -0.4 is 0 Å². The molecule has 33 heavy (non-hydrogen) atoms. The fraction of sp³-hybridized carbons (Fsp3) is 0.731. The highest BCUT2D eigenvalue weighted by atomic mass is 16.5. The van der Waals surface area contributed by atoms with Gasteiger partial charge in [-0.3, -0.25) is 24.0 Å². The molecule has 7 heteroatoms. The molecule has 0 aromatic carbocycles. The minimum absolute atomic E-state index is 0.0287. The summed E-state index contributed by atoms with van der Waals surface area (Å²) in [7, 11) is 1.16. The number of fused-ring (bicyclic) bond motifs is 5. The minimum atomic E-state index is -2.39. The molecule has 4 aliphatic rings. The van der Waals surface area contributed by atoms with Gasteiger partial charge in [-0.1, -0.05) is 39.3 Å². The summed E-state index contributed by atoms with van der Waals surface area (Å²) in [6.07, 6.45) is 2.49. The quantitative estimate of drug-likeness (QED) is 0.365. The second-order valence-corrected chi connectivity index (χ2v) is 12.1. The van der Waals surface area contributed by atoms with Crippen LogP contribution in [0.5, 0.6) is 0 Å². The van der Waals surface area contributed by atoms with Crippen molar-refractivity contribution in [3.8, 4) is 0 Å². The van der Waals surface area contributed by atoms with Gasteiger partial charge in [-0.2, -0.15) is 0 Å². The first kappa shape index (κ1) is 24.0. The fourth-order valence-corrected chi connectivity index (χ4v) is 8.74. The average molecular weight is 459 g/mol. The second kappa shape index (κ2) is 6.29. The number of hydrogen-bond acceptors (Lipinski definition) is 7. The lowest BCUT2D eigenvalue weighted by Gasteiger charge is -2.66. The molecule has 0 bridgehead atoms. The van der Waals surface area contributed by atoms with E-state index in [0.29, 0.717) is 18.4 Å². The molecule has 0 saturated heterocycles. The van der Waals surface area contributed by atoms with Crippen LogP contribution in [0.25, 0.3) is 0 Å². The van der Waals surface area contributed by atoms with Gasteiger partial charge in [0.25, 0.3) is 0 Å². The first-order valence-electron chi connectivity index (χ1n) is 11.6. The lowest BCUT2D eigenvalue weighted by Crippen LogP contribution is -2.71. The van der Waals surface area contributed by atoms with Gasteiger partial charge in [0.05, 0.1) is 12.5 Å². The zero-order valence-electron chi connectivity index (χ0n) is 20.8. The third-order valence-corrected chi connectivity index (χ3v) is 10.2. The summed E-state index contributed by atoms with van der Waals surface area (Å²) in [5.74, 6) is -3.77. The van der Waals surface area contributed by atoms with E-state index < -0.39 is 62.0 Å². The fourth-order valence-electron chi connectivity index (χ4n) is 8.74. The smallest absolute Gasteiger partial charge is 0.321 e. The molecule has 0 radical (unpaired) electrons. The number of rotatable bonds is 1. The zero-order chi connectivity index (χ0) is 25.2. The van der Waals surface area contributed by atoms with Gasteiger partial charge in [-0.25, -0.2) is 0 Å². The van der Waals surface area contributed by atoms with Gasteiger partial charge >= 0.3 is 5.97 Å². The highest BCUT2D eigenvalue weighted by molar-refractivity contribution is 6.30. The maximum Gasteiger partial charge on any atom is 0.321 e. The molecular weight excluding hydrogens is 424 g/mol. The van der Waals surface area contributed by atoms with Crippen molar-refractivity contribution in [3.63, 3.8) is 0 Å².